The number of hydrazine groups is 2. The molecule has 2 aromatic rings. The molecule has 0 heterocycles. The molecule has 10 nitrogen and oxygen atoms in total. The first-order valence-corrected chi connectivity index (χ1v) is 11.4. The van der Waals surface area contributed by atoms with Crippen LogP contribution in [-0.4, -0.2) is 41.1 Å². The van der Waals surface area contributed by atoms with Crippen LogP contribution in [0.2, 0.25) is 0 Å². The molecule has 2 rings (SSSR count). The van der Waals surface area contributed by atoms with Crippen molar-refractivity contribution in [2.75, 3.05) is 11.7 Å². The van der Waals surface area contributed by atoms with E-state index in [0.29, 0.717) is 18.5 Å². The summed E-state index contributed by atoms with van der Waals surface area (Å²) < 4.78 is 0. The lowest BCUT2D eigenvalue weighted by molar-refractivity contribution is -0.147. The van der Waals surface area contributed by atoms with E-state index in [9.17, 15) is 24.0 Å². The standard InChI is InChI=1S/C25H31N5O5/c1-4-6-16-29(25(35)24(34)27-22(32)19-10-8-7-9-11-19)30(28-23(33)21(26)31)20-14-12-18(13-15-20)17(3)5-2/h7-15,17H,4-6,16H2,1-3H3,(H2,26,31)(H,28,33)(H,27,32,34). The van der Waals surface area contributed by atoms with Crippen molar-refractivity contribution in [1.82, 2.24) is 15.8 Å². The highest BCUT2D eigenvalue weighted by molar-refractivity contribution is 6.39. The summed E-state index contributed by atoms with van der Waals surface area (Å²) in [4.78, 5) is 61.9. The molecule has 0 aliphatic carbocycles. The highest BCUT2D eigenvalue weighted by atomic mass is 16.2. The second-order valence-corrected chi connectivity index (χ2v) is 7.95. The average Bonchev–Trinajstić information content (AvgIpc) is 2.87. The van der Waals surface area contributed by atoms with Gasteiger partial charge in [-0.05, 0) is 48.6 Å². The number of nitrogens with zero attached hydrogens (tertiary/aromatic N) is 2. The van der Waals surface area contributed by atoms with Gasteiger partial charge in [-0.2, -0.15) is 5.12 Å². The maximum atomic E-state index is 13.2. The van der Waals surface area contributed by atoms with Gasteiger partial charge in [0.1, 0.15) is 0 Å². The van der Waals surface area contributed by atoms with E-state index in [1.165, 1.54) is 12.1 Å². The quantitative estimate of drug-likeness (QED) is 0.370. The lowest BCUT2D eigenvalue weighted by atomic mass is 9.99. The molecule has 0 bridgehead atoms. The number of rotatable bonds is 9. The van der Waals surface area contributed by atoms with Crippen molar-refractivity contribution in [1.29, 1.82) is 0 Å². The van der Waals surface area contributed by atoms with Crippen LogP contribution in [0.25, 0.3) is 0 Å². The zero-order chi connectivity index (χ0) is 26.0. The number of hydrogen-bond donors (Lipinski definition) is 3. The number of carbonyl (C=O) groups is 5. The molecule has 35 heavy (non-hydrogen) atoms. The van der Waals surface area contributed by atoms with Gasteiger partial charge < -0.3 is 5.73 Å². The van der Waals surface area contributed by atoms with Crippen molar-refractivity contribution < 1.29 is 24.0 Å². The molecule has 2 aromatic carbocycles. The first-order valence-electron chi connectivity index (χ1n) is 11.4. The van der Waals surface area contributed by atoms with Crippen LogP contribution in [0.4, 0.5) is 5.69 Å². The predicted molar refractivity (Wildman–Crippen MR) is 131 cm³/mol. The largest absolute Gasteiger partial charge is 0.361 e. The topological polar surface area (TPSA) is 142 Å². The SMILES string of the molecule is CCCCN(C(=O)C(=O)NC(=O)c1ccccc1)N(NC(=O)C(N)=O)c1ccc(C(C)CC)cc1. The van der Waals surface area contributed by atoms with E-state index in [4.69, 9.17) is 5.73 Å². The third-order valence-corrected chi connectivity index (χ3v) is 5.41. The van der Waals surface area contributed by atoms with Crippen LogP contribution in [0.1, 0.15) is 61.9 Å². The smallest absolute Gasteiger partial charge is 0.332 e. The number of nitrogens with one attached hydrogen (secondary N) is 2. The minimum absolute atomic E-state index is 0.0223. The van der Waals surface area contributed by atoms with Crippen molar-refractivity contribution >= 4 is 35.2 Å². The molecule has 0 fully saturated rings. The molecule has 0 aliphatic heterocycles. The molecule has 0 aliphatic rings. The Morgan fingerprint density at radius 2 is 1.54 bits per heavy atom. The molecular formula is C25H31N5O5. The number of benzene rings is 2. The fourth-order valence-electron chi connectivity index (χ4n) is 3.13. The summed E-state index contributed by atoms with van der Waals surface area (Å²) in [7, 11) is 0. The maximum absolute atomic E-state index is 13.2. The van der Waals surface area contributed by atoms with Gasteiger partial charge in [0.15, 0.2) is 0 Å². The third-order valence-electron chi connectivity index (χ3n) is 5.41. The van der Waals surface area contributed by atoms with Crippen molar-refractivity contribution in [2.45, 2.75) is 46.0 Å². The van der Waals surface area contributed by atoms with Gasteiger partial charge >= 0.3 is 23.6 Å². The van der Waals surface area contributed by atoms with Crippen LogP contribution in [0, 0.1) is 0 Å². The fraction of sp³-hybridized carbons (Fsp3) is 0.320. The first kappa shape index (κ1) is 27.0. The van der Waals surface area contributed by atoms with E-state index in [1.54, 1.807) is 30.3 Å². The monoisotopic (exact) mass is 481 g/mol. The molecule has 0 spiro atoms. The van der Waals surface area contributed by atoms with Gasteiger partial charge in [0.2, 0.25) is 0 Å². The Labute approximate surface area is 204 Å². The Kier molecular flexibility index (Phi) is 9.95. The van der Waals surface area contributed by atoms with Crippen LogP contribution in [0.5, 0.6) is 0 Å². The van der Waals surface area contributed by atoms with Gasteiger partial charge in [-0.1, -0.05) is 57.5 Å². The van der Waals surface area contributed by atoms with Gasteiger partial charge in [-0.15, -0.1) is 0 Å². The van der Waals surface area contributed by atoms with Crippen LogP contribution >= 0.6 is 0 Å². The molecule has 1 atom stereocenters. The van der Waals surface area contributed by atoms with E-state index in [0.717, 1.165) is 22.1 Å². The van der Waals surface area contributed by atoms with Gasteiger partial charge in [-0.3, -0.25) is 29.3 Å². The van der Waals surface area contributed by atoms with Crippen LogP contribution in [-0.2, 0) is 19.2 Å². The van der Waals surface area contributed by atoms with Crippen LogP contribution in [0.3, 0.4) is 0 Å². The van der Waals surface area contributed by atoms with E-state index in [2.05, 4.69) is 24.6 Å². The molecule has 4 N–H and O–H groups in total. The van der Waals surface area contributed by atoms with Gasteiger partial charge in [-0.25, -0.2) is 10.4 Å². The zero-order valence-corrected chi connectivity index (χ0v) is 20.1. The van der Waals surface area contributed by atoms with Crippen LogP contribution < -0.4 is 21.6 Å². The molecule has 0 aromatic heterocycles. The molecule has 1 unspecified atom stereocenters. The molecule has 10 heteroatoms. The lowest BCUT2D eigenvalue weighted by Crippen LogP contribution is -2.61. The summed E-state index contributed by atoms with van der Waals surface area (Å²) in [6.07, 6.45) is 2.05. The summed E-state index contributed by atoms with van der Waals surface area (Å²) in [5.74, 6) is -5.19. The van der Waals surface area contributed by atoms with Gasteiger partial charge in [0.25, 0.3) is 5.91 Å². The van der Waals surface area contributed by atoms with E-state index in [-0.39, 0.29) is 18.0 Å². The highest BCUT2D eigenvalue weighted by Gasteiger charge is 2.31. The van der Waals surface area contributed by atoms with E-state index in [1.807, 2.05) is 19.1 Å². The lowest BCUT2D eigenvalue weighted by Gasteiger charge is -2.35. The summed E-state index contributed by atoms with van der Waals surface area (Å²) in [5, 5.41) is 4.05. The molecule has 0 saturated carbocycles. The zero-order valence-electron chi connectivity index (χ0n) is 20.1. The Morgan fingerprint density at radius 3 is 2.09 bits per heavy atom. The van der Waals surface area contributed by atoms with E-state index < -0.39 is 29.5 Å². The van der Waals surface area contributed by atoms with Crippen LogP contribution in [0.15, 0.2) is 54.6 Å². The fourth-order valence-corrected chi connectivity index (χ4v) is 3.13. The van der Waals surface area contributed by atoms with Crippen molar-refractivity contribution in [3.63, 3.8) is 0 Å². The minimum atomic E-state index is -1.27. The Hall–Kier alpha value is -4.21. The molecular weight excluding hydrogens is 450 g/mol. The molecule has 5 amide bonds. The minimum Gasteiger partial charge on any atom is -0.361 e. The number of amides is 5. The number of imide groups is 1. The van der Waals surface area contributed by atoms with Gasteiger partial charge in [0.05, 0.1) is 5.69 Å². The Morgan fingerprint density at radius 1 is 0.914 bits per heavy atom. The molecule has 0 saturated heterocycles. The number of carbonyl (C=O) groups excluding carboxylic acids is 5. The number of nitrogens with two attached hydrogens (primary N) is 1. The average molecular weight is 482 g/mol. The first-order chi connectivity index (χ1) is 16.7. The molecule has 186 valence electrons. The summed E-state index contributed by atoms with van der Waals surface area (Å²) in [5.41, 5.74) is 8.95. The Balaban J connectivity index is 2.38. The maximum Gasteiger partial charge on any atom is 0.332 e. The summed E-state index contributed by atoms with van der Waals surface area (Å²) in [6, 6.07) is 14.9. The number of unbranched alkanes of at least 4 members (excludes halogenated alkanes) is 1. The highest BCUT2D eigenvalue weighted by Crippen LogP contribution is 2.23. The second kappa shape index (κ2) is 12.9. The third kappa shape index (κ3) is 7.39. The normalized spacial score (nSPS) is 11.2. The second-order valence-electron chi connectivity index (χ2n) is 7.95. The number of hydrogen-bond acceptors (Lipinski definition) is 6. The van der Waals surface area contributed by atoms with Crippen molar-refractivity contribution in [3.8, 4) is 0 Å². The predicted octanol–water partition coefficient (Wildman–Crippen LogP) is 2.02. The number of primary amides is 1. The number of anilines is 1. The van der Waals surface area contributed by atoms with E-state index >= 15 is 0 Å². The molecule has 0 radical (unpaired) electrons. The van der Waals surface area contributed by atoms with Crippen molar-refractivity contribution in [2.24, 2.45) is 5.73 Å². The van der Waals surface area contributed by atoms with Crippen molar-refractivity contribution in [3.05, 3.63) is 65.7 Å². The van der Waals surface area contributed by atoms with Gasteiger partial charge in [0, 0.05) is 12.1 Å². The Bertz CT molecular complexity index is 1060. The summed E-state index contributed by atoms with van der Waals surface area (Å²) >= 11 is 0. The summed E-state index contributed by atoms with van der Waals surface area (Å²) in [6.45, 7) is 6.02.